The zero-order valence-corrected chi connectivity index (χ0v) is 9.09. The summed E-state index contributed by atoms with van der Waals surface area (Å²) in [4.78, 5) is 3.21. The third-order valence-corrected chi connectivity index (χ3v) is 1.97. The van der Waals surface area contributed by atoms with Gasteiger partial charge in [0.1, 0.15) is 5.69 Å². The number of halogens is 5. The standard InChI is InChI=1S/C9H9F5N2O2/c1-17-7-4(2-15)6(8(10)11)16-3-5(7)18-9(12,13)14/h3,8H,2,15H2,1H3. The minimum absolute atomic E-state index is 0.325. The van der Waals surface area contributed by atoms with Gasteiger partial charge < -0.3 is 15.2 Å². The van der Waals surface area contributed by atoms with Crippen LogP contribution in [-0.2, 0) is 6.54 Å². The summed E-state index contributed by atoms with van der Waals surface area (Å²) in [5, 5.41) is 0. The van der Waals surface area contributed by atoms with Crippen molar-refractivity contribution in [3.8, 4) is 11.5 Å². The molecule has 0 aromatic carbocycles. The number of methoxy groups -OCH3 is 1. The lowest BCUT2D eigenvalue weighted by Crippen LogP contribution is -2.19. The highest BCUT2D eigenvalue weighted by atomic mass is 19.4. The number of rotatable bonds is 4. The number of nitrogens with zero attached hydrogens (tertiary/aromatic N) is 1. The molecule has 0 aliphatic carbocycles. The molecule has 1 aromatic heterocycles. The lowest BCUT2D eigenvalue weighted by molar-refractivity contribution is -0.275. The Bertz CT molecular complexity index is 422. The van der Waals surface area contributed by atoms with E-state index in [0.29, 0.717) is 6.20 Å². The Kier molecular flexibility index (Phi) is 4.28. The average molecular weight is 272 g/mol. The second-order valence-electron chi connectivity index (χ2n) is 3.07. The predicted molar refractivity (Wildman–Crippen MR) is 50.3 cm³/mol. The van der Waals surface area contributed by atoms with Gasteiger partial charge in [0.2, 0.25) is 0 Å². The fraction of sp³-hybridized carbons (Fsp3) is 0.444. The molecule has 0 saturated heterocycles. The molecule has 18 heavy (non-hydrogen) atoms. The van der Waals surface area contributed by atoms with Crippen molar-refractivity contribution in [3.63, 3.8) is 0 Å². The van der Waals surface area contributed by atoms with E-state index >= 15 is 0 Å². The number of aromatic nitrogens is 1. The Morgan fingerprint density at radius 1 is 1.39 bits per heavy atom. The van der Waals surface area contributed by atoms with Gasteiger partial charge in [0, 0.05) is 12.1 Å². The van der Waals surface area contributed by atoms with Crippen molar-refractivity contribution < 1.29 is 31.4 Å². The maximum atomic E-state index is 12.6. The highest BCUT2D eigenvalue weighted by molar-refractivity contribution is 5.47. The van der Waals surface area contributed by atoms with Crippen molar-refractivity contribution in [1.82, 2.24) is 4.98 Å². The summed E-state index contributed by atoms with van der Waals surface area (Å²) in [6.07, 6.45) is -7.43. The summed E-state index contributed by atoms with van der Waals surface area (Å²) in [6, 6.07) is 0. The molecule has 9 heteroatoms. The normalized spacial score (nSPS) is 11.8. The first-order valence-corrected chi connectivity index (χ1v) is 4.59. The lowest BCUT2D eigenvalue weighted by Gasteiger charge is -2.16. The summed E-state index contributed by atoms with van der Waals surface area (Å²) in [5.41, 5.74) is 4.15. The van der Waals surface area contributed by atoms with Crippen molar-refractivity contribution in [1.29, 1.82) is 0 Å². The number of ether oxygens (including phenoxy) is 2. The molecule has 0 atom stereocenters. The van der Waals surface area contributed by atoms with Gasteiger partial charge >= 0.3 is 6.36 Å². The zero-order valence-electron chi connectivity index (χ0n) is 9.09. The van der Waals surface area contributed by atoms with Crippen LogP contribution in [0.25, 0.3) is 0 Å². The maximum Gasteiger partial charge on any atom is 0.573 e. The van der Waals surface area contributed by atoms with Gasteiger partial charge in [0.25, 0.3) is 6.43 Å². The number of pyridine rings is 1. The first kappa shape index (κ1) is 14.4. The van der Waals surface area contributed by atoms with Gasteiger partial charge in [-0.2, -0.15) is 0 Å². The van der Waals surface area contributed by atoms with Crippen LogP contribution in [0.2, 0.25) is 0 Å². The van der Waals surface area contributed by atoms with Gasteiger partial charge in [-0.05, 0) is 0 Å². The van der Waals surface area contributed by atoms with Crippen LogP contribution in [0.4, 0.5) is 22.0 Å². The van der Waals surface area contributed by atoms with E-state index in [-0.39, 0.29) is 5.56 Å². The van der Waals surface area contributed by atoms with Crippen molar-refractivity contribution in [3.05, 3.63) is 17.5 Å². The Hall–Kier alpha value is -1.64. The predicted octanol–water partition coefficient (Wildman–Crippen LogP) is 2.39. The topological polar surface area (TPSA) is 57.4 Å². The van der Waals surface area contributed by atoms with Crippen LogP contribution in [-0.4, -0.2) is 18.5 Å². The molecule has 0 aliphatic heterocycles. The van der Waals surface area contributed by atoms with Crippen molar-refractivity contribution >= 4 is 0 Å². The first-order chi connectivity index (χ1) is 8.30. The number of hydrogen-bond acceptors (Lipinski definition) is 4. The maximum absolute atomic E-state index is 12.6. The molecule has 0 amide bonds. The third kappa shape index (κ3) is 3.19. The van der Waals surface area contributed by atoms with Crippen LogP contribution >= 0.6 is 0 Å². The SMILES string of the molecule is COc1c(OC(F)(F)F)cnc(C(F)F)c1CN. The highest BCUT2D eigenvalue weighted by Crippen LogP contribution is 2.37. The highest BCUT2D eigenvalue weighted by Gasteiger charge is 2.34. The molecule has 0 unspecified atom stereocenters. The molecule has 4 nitrogen and oxygen atoms in total. The van der Waals surface area contributed by atoms with Gasteiger partial charge in [-0.15, -0.1) is 13.2 Å². The molecule has 0 saturated carbocycles. The monoisotopic (exact) mass is 272 g/mol. The molecule has 1 rings (SSSR count). The molecule has 0 fully saturated rings. The molecule has 0 bridgehead atoms. The van der Waals surface area contributed by atoms with Crippen LogP contribution in [0.3, 0.4) is 0 Å². The van der Waals surface area contributed by atoms with Gasteiger partial charge in [0.15, 0.2) is 11.5 Å². The molecule has 0 spiro atoms. The fourth-order valence-electron chi connectivity index (χ4n) is 1.34. The van der Waals surface area contributed by atoms with E-state index in [1.807, 2.05) is 0 Å². The van der Waals surface area contributed by atoms with E-state index in [9.17, 15) is 22.0 Å². The molecule has 1 aromatic rings. The van der Waals surface area contributed by atoms with Gasteiger partial charge in [-0.25, -0.2) is 8.78 Å². The first-order valence-electron chi connectivity index (χ1n) is 4.59. The van der Waals surface area contributed by atoms with Gasteiger partial charge in [-0.1, -0.05) is 0 Å². The number of nitrogens with two attached hydrogens (primary N) is 1. The van der Waals surface area contributed by atoms with E-state index in [4.69, 9.17) is 5.73 Å². The quantitative estimate of drug-likeness (QED) is 0.855. The molecule has 2 N–H and O–H groups in total. The molecule has 0 aliphatic rings. The Morgan fingerprint density at radius 3 is 2.39 bits per heavy atom. The van der Waals surface area contributed by atoms with Crippen LogP contribution < -0.4 is 15.2 Å². The smallest absolute Gasteiger partial charge is 0.492 e. The van der Waals surface area contributed by atoms with Gasteiger partial charge in [-0.3, -0.25) is 4.98 Å². The minimum Gasteiger partial charge on any atom is -0.492 e. The average Bonchev–Trinajstić information content (AvgIpc) is 2.25. The summed E-state index contributed by atoms with van der Waals surface area (Å²) < 4.78 is 69.6. The summed E-state index contributed by atoms with van der Waals surface area (Å²) >= 11 is 0. The van der Waals surface area contributed by atoms with Crippen molar-refractivity contribution in [2.75, 3.05) is 7.11 Å². The Morgan fingerprint density at radius 2 is 2.00 bits per heavy atom. The third-order valence-electron chi connectivity index (χ3n) is 1.97. The summed E-state index contributed by atoms with van der Waals surface area (Å²) in [5.74, 6) is -1.31. The molecular formula is C9H9F5N2O2. The fourth-order valence-corrected chi connectivity index (χ4v) is 1.34. The van der Waals surface area contributed by atoms with Crippen molar-refractivity contribution in [2.45, 2.75) is 19.3 Å². The second-order valence-corrected chi connectivity index (χ2v) is 3.07. The zero-order chi connectivity index (χ0) is 13.9. The van der Waals surface area contributed by atoms with E-state index < -0.39 is 36.5 Å². The number of alkyl halides is 5. The molecule has 0 radical (unpaired) electrons. The van der Waals surface area contributed by atoms with Gasteiger partial charge in [0.05, 0.1) is 13.3 Å². The lowest BCUT2D eigenvalue weighted by atomic mass is 10.1. The van der Waals surface area contributed by atoms with E-state index in [2.05, 4.69) is 14.5 Å². The largest absolute Gasteiger partial charge is 0.573 e. The van der Waals surface area contributed by atoms with E-state index in [1.165, 1.54) is 0 Å². The molecule has 102 valence electrons. The van der Waals surface area contributed by atoms with Crippen LogP contribution in [0, 0.1) is 0 Å². The van der Waals surface area contributed by atoms with Crippen LogP contribution in [0.15, 0.2) is 6.20 Å². The van der Waals surface area contributed by atoms with Crippen molar-refractivity contribution in [2.24, 2.45) is 5.73 Å². The number of hydrogen-bond donors (Lipinski definition) is 1. The molecule has 1 heterocycles. The molecular weight excluding hydrogens is 263 g/mol. The second kappa shape index (κ2) is 5.34. The Labute approximate surface area is 98.5 Å². The Balaban J connectivity index is 3.30. The minimum atomic E-state index is -4.98. The van der Waals surface area contributed by atoms with Crippen LogP contribution in [0.5, 0.6) is 11.5 Å². The van der Waals surface area contributed by atoms with E-state index in [0.717, 1.165) is 7.11 Å². The summed E-state index contributed by atoms with van der Waals surface area (Å²) in [7, 11) is 1.02. The summed E-state index contributed by atoms with van der Waals surface area (Å²) in [6.45, 7) is -0.453. The van der Waals surface area contributed by atoms with Crippen LogP contribution in [0.1, 0.15) is 17.7 Å². The van der Waals surface area contributed by atoms with E-state index in [1.54, 1.807) is 0 Å².